The maximum atomic E-state index is 11.6. The zero-order valence-electron chi connectivity index (χ0n) is 17.4. The Kier molecular flexibility index (Phi) is 5.86. The third-order valence-electron chi connectivity index (χ3n) is 6.04. The highest BCUT2D eigenvalue weighted by Gasteiger charge is 2.37. The number of hydrogen-bond acceptors (Lipinski definition) is 2. The number of methoxy groups -OCH3 is 1. The van der Waals surface area contributed by atoms with Gasteiger partial charge in [-0.05, 0) is 63.6 Å². The molecule has 148 valence electrons. The molecule has 0 unspecified atom stereocenters. The molecule has 2 nitrogen and oxygen atoms in total. The Morgan fingerprint density at radius 1 is 1.00 bits per heavy atom. The van der Waals surface area contributed by atoms with Gasteiger partial charge in [0.15, 0.2) is 0 Å². The van der Waals surface area contributed by atoms with E-state index >= 15 is 0 Å². The summed E-state index contributed by atoms with van der Waals surface area (Å²) < 4.78 is 4.76. The summed E-state index contributed by atoms with van der Waals surface area (Å²) in [5.74, 6) is -0.309. The van der Waals surface area contributed by atoms with Crippen molar-refractivity contribution in [1.29, 1.82) is 0 Å². The summed E-state index contributed by atoms with van der Waals surface area (Å²) in [5.41, 5.74) is 7.55. The minimum Gasteiger partial charge on any atom is -0.465 e. The van der Waals surface area contributed by atoms with Gasteiger partial charge in [-0.3, -0.25) is 0 Å². The first kappa shape index (κ1) is 20.9. The molecule has 3 heteroatoms. The number of carbonyl (C=O) groups is 1. The fourth-order valence-corrected chi connectivity index (χ4v) is 4.47. The van der Waals surface area contributed by atoms with Crippen molar-refractivity contribution in [3.8, 4) is 0 Å². The van der Waals surface area contributed by atoms with Crippen LogP contribution in [0, 0.1) is 0 Å². The molecule has 0 saturated carbocycles. The van der Waals surface area contributed by atoms with Crippen LogP contribution in [-0.4, -0.2) is 13.1 Å². The molecule has 0 heterocycles. The normalized spacial score (nSPS) is 17.4. The summed E-state index contributed by atoms with van der Waals surface area (Å²) in [6.45, 7) is 9.43. The van der Waals surface area contributed by atoms with Gasteiger partial charge in [-0.2, -0.15) is 0 Å². The fraction of sp³-hybridized carbons (Fsp3) is 0.400. The summed E-state index contributed by atoms with van der Waals surface area (Å²) in [6.07, 6.45) is 6.72. The van der Waals surface area contributed by atoms with Crippen molar-refractivity contribution < 1.29 is 9.53 Å². The van der Waals surface area contributed by atoms with Crippen LogP contribution in [0.4, 0.5) is 0 Å². The Morgan fingerprint density at radius 3 is 2.11 bits per heavy atom. The lowest BCUT2D eigenvalue weighted by molar-refractivity contribution is 0.0600. The third kappa shape index (κ3) is 4.10. The summed E-state index contributed by atoms with van der Waals surface area (Å²) in [6, 6.07) is 12.3. The van der Waals surface area contributed by atoms with Crippen molar-refractivity contribution in [2.45, 2.75) is 56.7 Å². The van der Waals surface area contributed by atoms with E-state index in [4.69, 9.17) is 4.74 Å². The number of carbonyl (C=O) groups excluding carboxylic acids is 1. The van der Waals surface area contributed by atoms with E-state index in [-0.39, 0.29) is 16.8 Å². The van der Waals surface area contributed by atoms with Crippen molar-refractivity contribution >= 4 is 34.1 Å². The van der Waals surface area contributed by atoms with E-state index in [1.165, 1.54) is 42.2 Å². The SMILES string of the molecule is COC(=O)c1ccc(/C=C/c2cc3c(cc2CBr)C(C)(C)CCC3(C)C)cc1. The minimum absolute atomic E-state index is 0.195. The van der Waals surface area contributed by atoms with E-state index in [2.05, 4.69) is 67.9 Å². The monoisotopic (exact) mass is 440 g/mol. The lowest BCUT2D eigenvalue weighted by atomic mass is 9.62. The summed E-state index contributed by atoms with van der Waals surface area (Å²) in [4.78, 5) is 11.6. The van der Waals surface area contributed by atoms with Gasteiger partial charge in [-0.15, -0.1) is 0 Å². The van der Waals surface area contributed by atoms with Gasteiger partial charge < -0.3 is 4.74 Å². The first-order valence-corrected chi connectivity index (χ1v) is 10.9. The molecule has 2 aromatic carbocycles. The Balaban J connectivity index is 1.98. The molecule has 3 rings (SSSR count). The van der Waals surface area contributed by atoms with Crippen LogP contribution in [0.2, 0.25) is 0 Å². The van der Waals surface area contributed by atoms with E-state index in [1.807, 2.05) is 12.1 Å². The van der Waals surface area contributed by atoms with Gasteiger partial charge in [0.25, 0.3) is 0 Å². The Bertz CT molecular complexity index is 905. The summed E-state index contributed by atoms with van der Waals surface area (Å²) >= 11 is 3.68. The van der Waals surface area contributed by atoms with Crippen LogP contribution < -0.4 is 0 Å². The molecule has 2 aromatic rings. The van der Waals surface area contributed by atoms with Crippen LogP contribution in [0.15, 0.2) is 36.4 Å². The molecule has 0 bridgehead atoms. The first-order valence-electron chi connectivity index (χ1n) is 9.78. The topological polar surface area (TPSA) is 26.3 Å². The molecule has 0 amide bonds. The van der Waals surface area contributed by atoms with Crippen LogP contribution in [0.1, 0.15) is 78.7 Å². The van der Waals surface area contributed by atoms with Gasteiger partial charge in [0.05, 0.1) is 12.7 Å². The van der Waals surface area contributed by atoms with Crippen molar-refractivity contribution in [3.63, 3.8) is 0 Å². The largest absolute Gasteiger partial charge is 0.465 e. The Labute approximate surface area is 177 Å². The van der Waals surface area contributed by atoms with E-state index in [0.29, 0.717) is 5.56 Å². The molecule has 28 heavy (non-hydrogen) atoms. The van der Waals surface area contributed by atoms with Crippen molar-refractivity contribution in [2.75, 3.05) is 7.11 Å². The van der Waals surface area contributed by atoms with Crippen LogP contribution in [0.5, 0.6) is 0 Å². The minimum atomic E-state index is -0.309. The van der Waals surface area contributed by atoms with Gasteiger partial charge >= 0.3 is 5.97 Å². The summed E-state index contributed by atoms with van der Waals surface area (Å²) in [7, 11) is 1.40. The zero-order valence-corrected chi connectivity index (χ0v) is 19.0. The van der Waals surface area contributed by atoms with Crippen molar-refractivity contribution in [1.82, 2.24) is 0 Å². The first-order chi connectivity index (χ1) is 13.2. The molecular weight excluding hydrogens is 412 g/mol. The number of halogens is 1. The van der Waals surface area contributed by atoms with Crippen LogP contribution in [0.3, 0.4) is 0 Å². The smallest absolute Gasteiger partial charge is 0.337 e. The number of rotatable bonds is 4. The predicted octanol–water partition coefficient (Wildman–Crippen LogP) is 6.89. The molecule has 0 aromatic heterocycles. The molecule has 1 aliphatic carbocycles. The second-order valence-electron chi connectivity index (χ2n) is 8.94. The maximum absolute atomic E-state index is 11.6. The zero-order chi connectivity index (χ0) is 20.5. The lowest BCUT2D eigenvalue weighted by Gasteiger charge is -2.42. The van der Waals surface area contributed by atoms with Crippen molar-refractivity contribution in [2.24, 2.45) is 0 Å². The average Bonchev–Trinajstić information content (AvgIpc) is 2.69. The predicted molar refractivity (Wildman–Crippen MR) is 121 cm³/mol. The summed E-state index contributed by atoms with van der Waals surface area (Å²) in [5, 5.41) is 0.831. The third-order valence-corrected chi connectivity index (χ3v) is 6.65. The highest BCUT2D eigenvalue weighted by molar-refractivity contribution is 9.08. The lowest BCUT2D eigenvalue weighted by Crippen LogP contribution is -2.34. The highest BCUT2D eigenvalue weighted by atomic mass is 79.9. The van der Waals surface area contributed by atoms with E-state index < -0.39 is 0 Å². The van der Waals surface area contributed by atoms with Crippen LogP contribution in [-0.2, 0) is 20.9 Å². The highest BCUT2D eigenvalue weighted by Crippen LogP contribution is 2.46. The molecule has 0 N–H and O–H groups in total. The number of ether oxygens (including phenoxy) is 1. The number of esters is 1. The molecule has 0 atom stereocenters. The second-order valence-corrected chi connectivity index (χ2v) is 9.51. The van der Waals surface area contributed by atoms with Gasteiger partial charge in [0, 0.05) is 5.33 Å². The molecule has 0 fully saturated rings. The molecular formula is C25H29BrO2. The van der Waals surface area contributed by atoms with Crippen molar-refractivity contribution in [3.05, 3.63) is 69.8 Å². The van der Waals surface area contributed by atoms with Gasteiger partial charge in [-0.1, -0.05) is 80.0 Å². The number of hydrogen-bond donors (Lipinski definition) is 0. The van der Waals surface area contributed by atoms with Gasteiger partial charge in [-0.25, -0.2) is 4.79 Å². The molecule has 1 aliphatic rings. The Morgan fingerprint density at radius 2 is 1.57 bits per heavy atom. The van der Waals surface area contributed by atoms with E-state index in [9.17, 15) is 4.79 Å². The van der Waals surface area contributed by atoms with E-state index in [1.54, 1.807) is 12.1 Å². The molecule has 0 saturated heterocycles. The Hall–Kier alpha value is -1.87. The number of fused-ring (bicyclic) bond motifs is 1. The van der Waals surface area contributed by atoms with E-state index in [0.717, 1.165) is 10.9 Å². The quantitative estimate of drug-likeness (QED) is 0.294. The van der Waals surface area contributed by atoms with Gasteiger partial charge in [0.2, 0.25) is 0 Å². The maximum Gasteiger partial charge on any atom is 0.337 e. The molecule has 0 aliphatic heterocycles. The number of benzene rings is 2. The number of alkyl halides is 1. The molecule has 0 spiro atoms. The van der Waals surface area contributed by atoms with Gasteiger partial charge in [0.1, 0.15) is 0 Å². The second kappa shape index (κ2) is 7.87. The fourth-order valence-electron chi connectivity index (χ4n) is 3.98. The molecule has 0 radical (unpaired) electrons. The standard InChI is InChI=1S/C25H29BrO2/c1-24(2)12-13-25(3,4)22-15-20(16-26)19(14-21(22)24)11-8-17-6-9-18(10-7-17)23(27)28-5/h6-11,14-15H,12-13,16H2,1-5H3/b11-8+. The van der Waals surface area contributed by atoms with Crippen LogP contribution >= 0.6 is 15.9 Å². The average molecular weight is 441 g/mol. The van der Waals surface area contributed by atoms with Crippen LogP contribution in [0.25, 0.3) is 12.2 Å².